The Morgan fingerprint density at radius 2 is 1.85 bits per heavy atom. The highest BCUT2D eigenvalue weighted by molar-refractivity contribution is 7.99. The van der Waals surface area contributed by atoms with Gasteiger partial charge in [0.15, 0.2) is 0 Å². The molecule has 170 valence electrons. The van der Waals surface area contributed by atoms with E-state index in [1.807, 2.05) is 62.7 Å². The summed E-state index contributed by atoms with van der Waals surface area (Å²) >= 11 is 1.32. The number of aryl methyl sites for hydroxylation is 3. The number of hydrogen-bond donors (Lipinski definition) is 1. The molecule has 8 nitrogen and oxygen atoms in total. The zero-order chi connectivity index (χ0) is 23.4. The Labute approximate surface area is 197 Å². The predicted octanol–water partition coefficient (Wildman–Crippen LogP) is 3.55. The molecular weight excluding hydrogens is 434 g/mol. The van der Waals surface area contributed by atoms with Crippen LogP contribution < -0.4 is 5.32 Å². The second kappa shape index (κ2) is 9.99. The minimum atomic E-state index is -0.0786. The molecule has 0 aliphatic rings. The van der Waals surface area contributed by atoms with Crippen molar-refractivity contribution in [3.63, 3.8) is 0 Å². The van der Waals surface area contributed by atoms with Crippen LogP contribution in [0.25, 0.3) is 5.69 Å². The topological polar surface area (TPSA) is 90.5 Å². The molecule has 0 radical (unpaired) electrons. The van der Waals surface area contributed by atoms with Gasteiger partial charge in [-0.25, -0.2) is 0 Å². The van der Waals surface area contributed by atoms with E-state index in [-0.39, 0.29) is 11.7 Å². The van der Waals surface area contributed by atoms with Gasteiger partial charge in [-0.1, -0.05) is 54.2 Å². The first-order chi connectivity index (χ1) is 15.9. The van der Waals surface area contributed by atoms with E-state index < -0.39 is 0 Å². The van der Waals surface area contributed by atoms with Crippen LogP contribution in [0.2, 0.25) is 0 Å². The van der Waals surface area contributed by atoms with Crippen molar-refractivity contribution < 1.29 is 4.79 Å². The van der Waals surface area contributed by atoms with Crippen molar-refractivity contribution in [1.29, 1.82) is 0 Å². The molecular formula is C24H27N7OS. The van der Waals surface area contributed by atoms with Crippen LogP contribution >= 0.6 is 11.8 Å². The van der Waals surface area contributed by atoms with Gasteiger partial charge in [0.25, 0.3) is 0 Å². The van der Waals surface area contributed by atoms with Gasteiger partial charge in [-0.15, -0.1) is 5.10 Å². The van der Waals surface area contributed by atoms with Crippen LogP contribution in [0.1, 0.15) is 33.6 Å². The van der Waals surface area contributed by atoms with Gasteiger partial charge in [-0.05, 0) is 60.9 Å². The summed E-state index contributed by atoms with van der Waals surface area (Å²) in [7, 11) is 0. The minimum absolute atomic E-state index is 0.0786. The first kappa shape index (κ1) is 22.7. The lowest BCUT2D eigenvalue weighted by molar-refractivity contribution is -0.118. The normalized spacial score (nSPS) is 11.0. The summed E-state index contributed by atoms with van der Waals surface area (Å²) in [5.41, 5.74) is 7.33. The summed E-state index contributed by atoms with van der Waals surface area (Å²) in [5, 5.41) is 20.3. The molecule has 0 bridgehead atoms. The zero-order valence-electron chi connectivity index (χ0n) is 19.2. The van der Waals surface area contributed by atoms with Gasteiger partial charge < -0.3 is 5.32 Å². The van der Waals surface area contributed by atoms with Crippen LogP contribution in [0.15, 0.2) is 53.7 Å². The van der Waals surface area contributed by atoms with Crippen LogP contribution in [0.5, 0.6) is 0 Å². The molecule has 9 heteroatoms. The maximum Gasteiger partial charge on any atom is 0.230 e. The number of benzene rings is 2. The SMILES string of the molecule is Cc1ccc(C)c(-n2nnnc2SCC(=O)NCc2c(C)nn(Cc3ccccc3)c2C)c1. The summed E-state index contributed by atoms with van der Waals surface area (Å²) < 4.78 is 3.67. The Morgan fingerprint density at radius 3 is 2.64 bits per heavy atom. The summed E-state index contributed by atoms with van der Waals surface area (Å²) in [6.07, 6.45) is 0. The Kier molecular flexibility index (Phi) is 6.88. The number of amides is 1. The number of rotatable bonds is 8. The molecule has 0 atom stereocenters. The van der Waals surface area contributed by atoms with Crippen LogP contribution in [-0.4, -0.2) is 41.6 Å². The number of carbonyl (C=O) groups excluding carboxylic acids is 1. The van der Waals surface area contributed by atoms with Crippen molar-refractivity contribution in [1.82, 2.24) is 35.3 Å². The lowest BCUT2D eigenvalue weighted by Gasteiger charge is -2.09. The summed E-state index contributed by atoms with van der Waals surface area (Å²) in [5.74, 6) is 0.145. The van der Waals surface area contributed by atoms with Gasteiger partial charge in [-0.2, -0.15) is 9.78 Å². The molecule has 2 aromatic heterocycles. The maximum absolute atomic E-state index is 12.6. The van der Waals surface area contributed by atoms with Crippen molar-refractivity contribution in [3.8, 4) is 5.69 Å². The van der Waals surface area contributed by atoms with Gasteiger partial charge in [0.05, 0.1) is 23.7 Å². The van der Waals surface area contributed by atoms with Gasteiger partial charge in [-0.3, -0.25) is 9.48 Å². The first-order valence-electron chi connectivity index (χ1n) is 10.7. The van der Waals surface area contributed by atoms with Crippen molar-refractivity contribution in [3.05, 3.63) is 82.2 Å². The molecule has 0 aliphatic carbocycles. The number of thioether (sulfide) groups is 1. The van der Waals surface area contributed by atoms with E-state index in [1.54, 1.807) is 4.68 Å². The monoisotopic (exact) mass is 461 g/mol. The van der Waals surface area contributed by atoms with Gasteiger partial charge in [0.1, 0.15) is 0 Å². The molecule has 0 spiro atoms. The molecule has 0 aliphatic heterocycles. The Hall–Kier alpha value is -3.46. The number of tetrazole rings is 1. The molecule has 2 aromatic carbocycles. The summed E-state index contributed by atoms with van der Waals surface area (Å²) in [4.78, 5) is 12.6. The molecule has 1 amide bonds. The lowest BCUT2D eigenvalue weighted by Crippen LogP contribution is -2.25. The molecule has 4 rings (SSSR count). The third kappa shape index (κ3) is 5.31. The van der Waals surface area contributed by atoms with Crippen LogP contribution in [0.4, 0.5) is 0 Å². The third-order valence-electron chi connectivity index (χ3n) is 5.53. The Bertz CT molecular complexity index is 1260. The fraction of sp³-hybridized carbons (Fsp3) is 0.292. The maximum atomic E-state index is 12.6. The third-order valence-corrected chi connectivity index (χ3v) is 6.45. The highest BCUT2D eigenvalue weighted by Gasteiger charge is 2.15. The Balaban J connectivity index is 1.37. The van der Waals surface area contributed by atoms with E-state index in [4.69, 9.17) is 0 Å². The first-order valence-corrected chi connectivity index (χ1v) is 11.7. The highest BCUT2D eigenvalue weighted by atomic mass is 32.2. The van der Waals surface area contributed by atoms with E-state index in [0.29, 0.717) is 18.2 Å². The van der Waals surface area contributed by atoms with Crippen molar-refractivity contribution in [2.45, 2.75) is 45.9 Å². The van der Waals surface area contributed by atoms with E-state index >= 15 is 0 Å². The van der Waals surface area contributed by atoms with Crippen LogP contribution in [0.3, 0.4) is 0 Å². The smallest absolute Gasteiger partial charge is 0.230 e. The van der Waals surface area contributed by atoms with Crippen LogP contribution in [-0.2, 0) is 17.9 Å². The van der Waals surface area contributed by atoms with Crippen molar-refractivity contribution in [2.24, 2.45) is 0 Å². The van der Waals surface area contributed by atoms with E-state index in [1.165, 1.54) is 17.3 Å². The van der Waals surface area contributed by atoms with Crippen molar-refractivity contribution in [2.75, 3.05) is 5.75 Å². The average molecular weight is 462 g/mol. The fourth-order valence-corrected chi connectivity index (χ4v) is 4.35. The lowest BCUT2D eigenvalue weighted by atomic mass is 10.1. The van der Waals surface area contributed by atoms with Gasteiger partial charge in [0.2, 0.25) is 11.1 Å². The van der Waals surface area contributed by atoms with Gasteiger partial charge >= 0.3 is 0 Å². The fourth-order valence-electron chi connectivity index (χ4n) is 3.64. The van der Waals surface area contributed by atoms with E-state index in [0.717, 1.165) is 33.8 Å². The molecule has 0 fully saturated rings. The molecule has 2 heterocycles. The summed E-state index contributed by atoms with van der Waals surface area (Å²) in [6, 6.07) is 16.3. The largest absolute Gasteiger partial charge is 0.351 e. The molecule has 1 N–H and O–H groups in total. The number of carbonyl (C=O) groups is 1. The molecule has 0 saturated heterocycles. The molecule has 0 unspecified atom stereocenters. The number of nitrogens with one attached hydrogen (secondary N) is 1. The van der Waals surface area contributed by atoms with E-state index in [9.17, 15) is 4.79 Å². The summed E-state index contributed by atoms with van der Waals surface area (Å²) in [6.45, 7) is 9.20. The van der Waals surface area contributed by atoms with E-state index in [2.05, 4.69) is 44.1 Å². The van der Waals surface area contributed by atoms with Crippen LogP contribution in [0, 0.1) is 27.7 Å². The predicted molar refractivity (Wildman–Crippen MR) is 128 cm³/mol. The quantitative estimate of drug-likeness (QED) is 0.404. The standard InChI is InChI=1S/C24H27N7OS/c1-16-10-11-17(2)22(12-16)31-24(26-28-29-31)33-15-23(32)25-13-21-18(3)27-30(19(21)4)14-20-8-6-5-7-9-20/h5-12H,13-15H2,1-4H3,(H,25,32). The Morgan fingerprint density at radius 1 is 1.06 bits per heavy atom. The highest BCUT2D eigenvalue weighted by Crippen LogP contribution is 2.21. The second-order valence-corrected chi connectivity index (χ2v) is 8.96. The average Bonchev–Trinajstić information content (AvgIpc) is 3.37. The van der Waals surface area contributed by atoms with Crippen molar-refractivity contribution >= 4 is 17.7 Å². The molecule has 33 heavy (non-hydrogen) atoms. The molecule has 0 saturated carbocycles. The zero-order valence-corrected chi connectivity index (χ0v) is 20.1. The second-order valence-electron chi connectivity index (χ2n) is 8.02. The number of nitrogens with zero attached hydrogens (tertiary/aromatic N) is 6. The number of hydrogen-bond acceptors (Lipinski definition) is 6. The number of aromatic nitrogens is 6. The minimum Gasteiger partial charge on any atom is -0.351 e. The molecule has 4 aromatic rings. The van der Waals surface area contributed by atoms with Gasteiger partial charge in [0, 0.05) is 17.8 Å².